The van der Waals surface area contributed by atoms with E-state index in [0.29, 0.717) is 17.3 Å². The fourth-order valence-corrected chi connectivity index (χ4v) is 2.48. The molecule has 2 aromatic carbocycles. The fraction of sp³-hybridized carbons (Fsp3) is 0.0556. The Bertz CT molecular complexity index is 1020. The Morgan fingerprint density at radius 3 is 2.54 bits per heavy atom. The molecule has 0 aliphatic rings. The predicted molar refractivity (Wildman–Crippen MR) is 93.8 cm³/mol. The van der Waals surface area contributed by atoms with E-state index in [-0.39, 0.29) is 11.6 Å². The zero-order valence-electron chi connectivity index (χ0n) is 13.8. The molecule has 0 saturated heterocycles. The lowest BCUT2D eigenvalue weighted by Crippen LogP contribution is -2.13. The summed E-state index contributed by atoms with van der Waals surface area (Å²) in [4.78, 5) is 16.8. The van der Waals surface area contributed by atoms with Crippen molar-refractivity contribution in [2.75, 3.05) is 5.32 Å². The van der Waals surface area contributed by atoms with Crippen LogP contribution in [0.25, 0.3) is 17.1 Å². The number of carbonyl (C=O) groups is 1. The third-order valence-corrected chi connectivity index (χ3v) is 3.77. The third-order valence-electron chi connectivity index (χ3n) is 3.77. The topological polar surface area (TPSA) is 98.7 Å². The number of anilines is 1. The SMILES string of the molecule is Cc1oc(-c2ccccc2)nc1C(=O)Nc1ccc(-n2cnnn2)cc1. The van der Waals surface area contributed by atoms with Crippen molar-refractivity contribution in [1.29, 1.82) is 0 Å². The molecule has 4 rings (SSSR count). The smallest absolute Gasteiger partial charge is 0.277 e. The number of nitrogens with one attached hydrogen (secondary N) is 1. The van der Waals surface area contributed by atoms with Crippen LogP contribution in [0.15, 0.2) is 65.3 Å². The number of amides is 1. The van der Waals surface area contributed by atoms with E-state index in [0.717, 1.165) is 11.3 Å². The van der Waals surface area contributed by atoms with Gasteiger partial charge in [0.2, 0.25) is 5.89 Å². The molecule has 0 unspecified atom stereocenters. The largest absolute Gasteiger partial charge is 0.441 e. The minimum atomic E-state index is -0.330. The van der Waals surface area contributed by atoms with Crippen molar-refractivity contribution in [1.82, 2.24) is 25.2 Å². The molecule has 2 heterocycles. The summed E-state index contributed by atoms with van der Waals surface area (Å²) >= 11 is 0. The molecule has 0 radical (unpaired) electrons. The molecule has 1 N–H and O–H groups in total. The molecule has 8 heteroatoms. The van der Waals surface area contributed by atoms with E-state index in [4.69, 9.17) is 4.42 Å². The standard InChI is InChI=1S/C18H14N6O2/c1-12-16(21-18(26-12)13-5-3-2-4-6-13)17(25)20-14-7-9-15(10-8-14)24-11-19-22-23-24/h2-11H,1H3,(H,20,25). The van der Waals surface area contributed by atoms with E-state index >= 15 is 0 Å². The van der Waals surface area contributed by atoms with Gasteiger partial charge in [0.1, 0.15) is 12.1 Å². The van der Waals surface area contributed by atoms with Crippen molar-refractivity contribution in [3.63, 3.8) is 0 Å². The first-order chi connectivity index (χ1) is 12.7. The molecular weight excluding hydrogens is 332 g/mol. The summed E-state index contributed by atoms with van der Waals surface area (Å²) in [6, 6.07) is 16.6. The second-order valence-electron chi connectivity index (χ2n) is 5.55. The van der Waals surface area contributed by atoms with Crippen LogP contribution in [0.5, 0.6) is 0 Å². The van der Waals surface area contributed by atoms with Crippen molar-refractivity contribution in [3.05, 3.63) is 72.4 Å². The lowest BCUT2D eigenvalue weighted by molar-refractivity contribution is 0.102. The van der Waals surface area contributed by atoms with Crippen molar-refractivity contribution < 1.29 is 9.21 Å². The zero-order chi connectivity index (χ0) is 17.9. The van der Waals surface area contributed by atoms with Gasteiger partial charge in [0.05, 0.1) is 5.69 Å². The number of tetrazole rings is 1. The van der Waals surface area contributed by atoms with Gasteiger partial charge in [-0.1, -0.05) is 18.2 Å². The van der Waals surface area contributed by atoms with E-state index in [1.807, 2.05) is 30.3 Å². The summed E-state index contributed by atoms with van der Waals surface area (Å²) in [7, 11) is 0. The van der Waals surface area contributed by atoms with E-state index in [1.54, 1.807) is 31.2 Å². The highest BCUT2D eigenvalue weighted by Crippen LogP contribution is 2.22. The van der Waals surface area contributed by atoms with Crippen molar-refractivity contribution in [3.8, 4) is 17.1 Å². The van der Waals surface area contributed by atoms with Gasteiger partial charge in [-0.2, -0.15) is 0 Å². The van der Waals surface area contributed by atoms with E-state index < -0.39 is 0 Å². The third kappa shape index (κ3) is 3.07. The Morgan fingerprint density at radius 1 is 1.08 bits per heavy atom. The van der Waals surface area contributed by atoms with Crippen LogP contribution >= 0.6 is 0 Å². The highest BCUT2D eigenvalue weighted by Gasteiger charge is 2.18. The molecule has 2 aromatic heterocycles. The summed E-state index contributed by atoms with van der Waals surface area (Å²) in [5.41, 5.74) is 2.50. The van der Waals surface area contributed by atoms with Gasteiger partial charge in [-0.15, -0.1) is 5.10 Å². The van der Waals surface area contributed by atoms with Gasteiger partial charge in [0.25, 0.3) is 5.91 Å². The molecule has 0 spiro atoms. The van der Waals surface area contributed by atoms with Crippen LogP contribution in [0.1, 0.15) is 16.2 Å². The Labute approximate surface area is 148 Å². The van der Waals surface area contributed by atoms with Gasteiger partial charge in [-0.05, 0) is 53.7 Å². The highest BCUT2D eigenvalue weighted by molar-refractivity contribution is 6.03. The normalized spacial score (nSPS) is 10.7. The summed E-state index contributed by atoms with van der Waals surface area (Å²) in [5.74, 6) is 0.553. The van der Waals surface area contributed by atoms with Crippen LogP contribution in [0.3, 0.4) is 0 Å². The van der Waals surface area contributed by atoms with Gasteiger partial charge >= 0.3 is 0 Å². The Balaban J connectivity index is 1.52. The summed E-state index contributed by atoms with van der Waals surface area (Å²) in [5, 5.41) is 13.8. The minimum absolute atomic E-state index is 0.258. The van der Waals surface area contributed by atoms with Gasteiger partial charge in [-0.3, -0.25) is 4.79 Å². The second kappa shape index (κ2) is 6.60. The maximum atomic E-state index is 12.5. The molecule has 4 aromatic rings. The molecule has 0 saturated carbocycles. The maximum absolute atomic E-state index is 12.5. The number of rotatable bonds is 4. The minimum Gasteiger partial charge on any atom is -0.441 e. The molecule has 1 amide bonds. The van der Waals surface area contributed by atoms with E-state index in [2.05, 4.69) is 25.8 Å². The first-order valence-corrected chi connectivity index (χ1v) is 7.88. The van der Waals surface area contributed by atoms with Crippen LogP contribution < -0.4 is 5.32 Å². The van der Waals surface area contributed by atoms with E-state index in [1.165, 1.54) is 11.0 Å². The first kappa shape index (κ1) is 15.7. The Hall–Kier alpha value is -3.81. The van der Waals surface area contributed by atoms with Crippen molar-refractivity contribution in [2.24, 2.45) is 0 Å². The first-order valence-electron chi connectivity index (χ1n) is 7.88. The Morgan fingerprint density at radius 2 is 1.85 bits per heavy atom. The Kier molecular flexibility index (Phi) is 3.98. The quantitative estimate of drug-likeness (QED) is 0.610. The molecular formula is C18H14N6O2. The number of benzene rings is 2. The summed E-state index contributed by atoms with van der Waals surface area (Å²) in [6.45, 7) is 1.72. The monoisotopic (exact) mass is 346 g/mol. The number of carbonyl (C=O) groups excluding carboxylic acids is 1. The molecule has 0 aliphatic carbocycles. The van der Waals surface area contributed by atoms with Crippen LogP contribution in [0, 0.1) is 6.92 Å². The molecule has 0 fully saturated rings. The summed E-state index contributed by atoms with van der Waals surface area (Å²) in [6.07, 6.45) is 1.50. The lowest BCUT2D eigenvalue weighted by Gasteiger charge is -2.05. The molecule has 26 heavy (non-hydrogen) atoms. The molecule has 0 bridgehead atoms. The van der Waals surface area contributed by atoms with Gasteiger partial charge in [0, 0.05) is 11.3 Å². The number of aromatic nitrogens is 5. The highest BCUT2D eigenvalue weighted by atomic mass is 16.4. The second-order valence-corrected chi connectivity index (χ2v) is 5.55. The average molecular weight is 346 g/mol. The van der Waals surface area contributed by atoms with Crippen molar-refractivity contribution in [2.45, 2.75) is 6.92 Å². The van der Waals surface area contributed by atoms with Crippen molar-refractivity contribution >= 4 is 11.6 Å². The fourth-order valence-electron chi connectivity index (χ4n) is 2.48. The van der Waals surface area contributed by atoms with Crippen LogP contribution in [-0.4, -0.2) is 31.1 Å². The zero-order valence-corrected chi connectivity index (χ0v) is 13.8. The van der Waals surface area contributed by atoms with Crippen LogP contribution in [-0.2, 0) is 0 Å². The molecule has 8 nitrogen and oxygen atoms in total. The molecule has 128 valence electrons. The average Bonchev–Trinajstić information content (AvgIpc) is 3.33. The van der Waals surface area contributed by atoms with Crippen LogP contribution in [0.4, 0.5) is 5.69 Å². The number of oxazole rings is 1. The van der Waals surface area contributed by atoms with Gasteiger partial charge in [0.15, 0.2) is 5.69 Å². The van der Waals surface area contributed by atoms with Gasteiger partial charge in [-0.25, -0.2) is 9.67 Å². The number of aryl methyl sites for hydroxylation is 1. The predicted octanol–water partition coefficient (Wildman–Crippen LogP) is 2.88. The van der Waals surface area contributed by atoms with Gasteiger partial charge < -0.3 is 9.73 Å². The lowest BCUT2D eigenvalue weighted by atomic mass is 10.2. The maximum Gasteiger partial charge on any atom is 0.277 e. The van der Waals surface area contributed by atoms with E-state index in [9.17, 15) is 4.79 Å². The number of hydrogen-bond acceptors (Lipinski definition) is 6. The molecule has 0 aliphatic heterocycles. The number of hydrogen-bond donors (Lipinski definition) is 1. The summed E-state index contributed by atoms with van der Waals surface area (Å²) < 4.78 is 7.16. The molecule has 0 atom stereocenters. The number of nitrogens with zero attached hydrogens (tertiary/aromatic N) is 5. The van der Waals surface area contributed by atoms with Crippen LogP contribution in [0.2, 0.25) is 0 Å².